The van der Waals surface area contributed by atoms with E-state index in [4.69, 9.17) is 0 Å². The normalized spacial score (nSPS) is 19.3. The van der Waals surface area contributed by atoms with Crippen LogP contribution >= 0.6 is 11.3 Å². The zero-order chi connectivity index (χ0) is 15.5. The molecule has 1 aliphatic heterocycles. The molecule has 0 spiro atoms. The Morgan fingerprint density at radius 3 is 2.95 bits per heavy atom. The highest BCUT2D eigenvalue weighted by atomic mass is 32.1. The molecular weight excluding hydrogens is 294 g/mol. The second-order valence-electron chi connectivity index (χ2n) is 5.90. The van der Waals surface area contributed by atoms with Crippen LogP contribution < -0.4 is 0 Å². The van der Waals surface area contributed by atoms with Gasteiger partial charge >= 0.3 is 0 Å². The van der Waals surface area contributed by atoms with Crippen LogP contribution in [-0.2, 0) is 6.54 Å². The predicted molar refractivity (Wildman–Crippen MR) is 88.2 cm³/mol. The minimum atomic E-state index is 0.0609. The van der Waals surface area contributed by atoms with Crippen molar-refractivity contribution in [2.24, 2.45) is 5.92 Å². The van der Waals surface area contributed by atoms with E-state index in [-0.39, 0.29) is 11.7 Å². The van der Waals surface area contributed by atoms with Crippen molar-refractivity contribution in [1.82, 2.24) is 14.9 Å². The summed E-state index contributed by atoms with van der Waals surface area (Å²) in [4.78, 5) is 25.0. The highest BCUT2D eigenvalue weighted by Gasteiger charge is 2.27. The third-order valence-electron chi connectivity index (χ3n) is 4.23. The van der Waals surface area contributed by atoms with E-state index in [1.54, 1.807) is 17.5 Å². The number of Topliss-reactive ketones (excluding diaryl/α,β-unsaturated/α-hetero) is 1. The van der Waals surface area contributed by atoms with Crippen LogP contribution in [0.1, 0.15) is 38.9 Å². The van der Waals surface area contributed by atoms with E-state index >= 15 is 0 Å². The second-order valence-corrected chi connectivity index (χ2v) is 7.19. The summed E-state index contributed by atoms with van der Waals surface area (Å²) in [5.41, 5.74) is 1.72. The number of nitrogens with zero attached hydrogens (tertiary/aromatic N) is 3. The van der Waals surface area contributed by atoms with Gasteiger partial charge in [0.15, 0.2) is 5.78 Å². The number of likely N-dealkylation sites (tertiary alicyclic amines) is 1. The Morgan fingerprint density at radius 2 is 2.27 bits per heavy atom. The summed E-state index contributed by atoms with van der Waals surface area (Å²) in [7, 11) is 0. The molecule has 0 aliphatic carbocycles. The Morgan fingerprint density at radius 1 is 1.41 bits per heavy atom. The summed E-state index contributed by atoms with van der Waals surface area (Å²) < 4.78 is 0. The van der Waals surface area contributed by atoms with Crippen LogP contribution in [0.15, 0.2) is 24.4 Å². The van der Waals surface area contributed by atoms with Crippen molar-refractivity contribution in [3.8, 4) is 0 Å². The van der Waals surface area contributed by atoms with Crippen molar-refractivity contribution in [3.63, 3.8) is 0 Å². The molecule has 1 fully saturated rings. The molecule has 0 saturated carbocycles. The molecule has 2 aromatic rings. The Labute approximate surface area is 135 Å². The van der Waals surface area contributed by atoms with E-state index in [0.29, 0.717) is 5.69 Å². The smallest absolute Gasteiger partial charge is 0.185 e. The van der Waals surface area contributed by atoms with E-state index < -0.39 is 0 Å². The Hall–Kier alpha value is -1.59. The quantitative estimate of drug-likeness (QED) is 0.813. The van der Waals surface area contributed by atoms with Gasteiger partial charge in [-0.25, -0.2) is 4.98 Å². The van der Waals surface area contributed by atoms with Gasteiger partial charge in [0.2, 0.25) is 0 Å². The maximum absolute atomic E-state index is 12.6. The van der Waals surface area contributed by atoms with E-state index in [1.807, 2.05) is 18.2 Å². The van der Waals surface area contributed by atoms with E-state index in [9.17, 15) is 4.79 Å². The van der Waals surface area contributed by atoms with Gasteiger partial charge in [0.25, 0.3) is 0 Å². The lowest BCUT2D eigenvalue weighted by atomic mass is 9.92. The summed E-state index contributed by atoms with van der Waals surface area (Å²) in [6, 6.07) is 5.54. The number of thiazole rings is 1. The molecule has 0 amide bonds. The van der Waals surface area contributed by atoms with Crippen molar-refractivity contribution in [2.45, 2.75) is 33.2 Å². The van der Waals surface area contributed by atoms with Crippen molar-refractivity contribution in [3.05, 3.63) is 45.7 Å². The maximum Gasteiger partial charge on any atom is 0.185 e. The lowest BCUT2D eigenvalue weighted by Crippen LogP contribution is -2.38. The fraction of sp³-hybridized carbons (Fsp3) is 0.471. The molecule has 3 heterocycles. The van der Waals surface area contributed by atoms with E-state index in [1.165, 1.54) is 4.88 Å². The first-order valence-electron chi connectivity index (χ1n) is 7.74. The topological polar surface area (TPSA) is 46.1 Å². The van der Waals surface area contributed by atoms with Gasteiger partial charge < -0.3 is 0 Å². The fourth-order valence-corrected chi connectivity index (χ4v) is 3.91. The number of aromatic nitrogens is 2. The molecule has 0 aromatic carbocycles. The van der Waals surface area contributed by atoms with E-state index in [0.717, 1.165) is 43.2 Å². The summed E-state index contributed by atoms with van der Waals surface area (Å²) in [6.45, 7) is 6.88. The summed E-state index contributed by atoms with van der Waals surface area (Å²) in [6.07, 6.45) is 3.71. The van der Waals surface area contributed by atoms with Gasteiger partial charge in [-0.05, 0) is 45.4 Å². The molecule has 116 valence electrons. The molecule has 22 heavy (non-hydrogen) atoms. The van der Waals surface area contributed by atoms with Gasteiger partial charge in [-0.3, -0.25) is 14.7 Å². The third kappa shape index (κ3) is 3.42. The molecule has 3 rings (SSSR count). The number of pyridine rings is 1. The maximum atomic E-state index is 12.6. The van der Waals surface area contributed by atoms with Crippen molar-refractivity contribution < 1.29 is 4.79 Å². The van der Waals surface area contributed by atoms with Crippen LogP contribution in [0.3, 0.4) is 0 Å². The molecular formula is C17H21N3OS. The average Bonchev–Trinajstić information content (AvgIpc) is 2.85. The van der Waals surface area contributed by atoms with Crippen LogP contribution in [0, 0.1) is 19.8 Å². The Balaban J connectivity index is 1.65. The summed E-state index contributed by atoms with van der Waals surface area (Å²) in [5, 5.41) is 1.15. The number of carbonyl (C=O) groups excluding carboxylic acids is 1. The number of rotatable bonds is 4. The lowest BCUT2D eigenvalue weighted by Gasteiger charge is -2.31. The summed E-state index contributed by atoms with van der Waals surface area (Å²) in [5.74, 6) is 0.239. The molecule has 2 aromatic heterocycles. The molecule has 0 N–H and O–H groups in total. The van der Waals surface area contributed by atoms with Crippen molar-refractivity contribution >= 4 is 17.1 Å². The zero-order valence-electron chi connectivity index (χ0n) is 13.1. The molecule has 1 aliphatic rings. The highest BCUT2D eigenvalue weighted by molar-refractivity contribution is 7.11. The molecule has 1 saturated heterocycles. The second kappa shape index (κ2) is 6.67. The molecule has 1 atom stereocenters. The van der Waals surface area contributed by atoms with Crippen molar-refractivity contribution in [2.75, 3.05) is 13.1 Å². The van der Waals surface area contributed by atoms with Crippen molar-refractivity contribution in [1.29, 1.82) is 0 Å². The number of carbonyl (C=O) groups is 1. The zero-order valence-corrected chi connectivity index (χ0v) is 13.9. The third-order valence-corrected chi connectivity index (χ3v) is 5.28. The lowest BCUT2D eigenvalue weighted by molar-refractivity contribution is 0.0806. The largest absolute Gasteiger partial charge is 0.296 e. The highest BCUT2D eigenvalue weighted by Crippen LogP contribution is 2.24. The molecule has 0 radical (unpaired) electrons. The summed E-state index contributed by atoms with van der Waals surface area (Å²) >= 11 is 1.76. The van der Waals surface area contributed by atoms with Crippen LogP contribution in [0.25, 0.3) is 0 Å². The van der Waals surface area contributed by atoms with Crippen LogP contribution in [0.2, 0.25) is 0 Å². The van der Waals surface area contributed by atoms with Crippen LogP contribution in [0.5, 0.6) is 0 Å². The van der Waals surface area contributed by atoms with Gasteiger partial charge in [0, 0.05) is 23.5 Å². The van der Waals surface area contributed by atoms with Gasteiger partial charge in [0.1, 0.15) is 10.7 Å². The number of hydrogen-bond acceptors (Lipinski definition) is 5. The van der Waals surface area contributed by atoms with Gasteiger partial charge in [-0.15, -0.1) is 11.3 Å². The number of ketones is 1. The number of aryl methyl sites for hydroxylation is 2. The first-order valence-corrected chi connectivity index (χ1v) is 8.55. The number of piperidine rings is 1. The van der Waals surface area contributed by atoms with Gasteiger partial charge in [-0.2, -0.15) is 0 Å². The molecule has 1 unspecified atom stereocenters. The van der Waals surface area contributed by atoms with Crippen LogP contribution in [-0.4, -0.2) is 33.7 Å². The van der Waals surface area contributed by atoms with Gasteiger partial charge in [-0.1, -0.05) is 6.07 Å². The first-order chi connectivity index (χ1) is 10.6. The predicted octanol–water partition coefficient (Wildman–Crippen LogP) is 3.25. The van der Waals surface area contributed by atoms with Crippen LogP contribution in [0.4, 0.5) is 0 Å². The minimum Gasteiger partial charge on any atom is -0.296 e. The minimum absolute atomic E-state index is 0.0609. The monoisotopic (exact) mass is 315 g/mol. The molecule has 4 nitrogen and oxygen atoms in total. The first kappa shape index (κ1) is 15.3. The standard InChI is InChI=1S/C17H21N3OS/c1-12-13(2)22-16(19-12)11-20-9-5-6-14(10-20)17(21)15-7-3-4-8-18-15/h3-4,7-8,14H,5-6,9-11H2,1-2H3. The number of hydrogen-bond donors (Lipinski definition) is 0. The average molecular weight is 315 g/mol. The molecule has 5 heteroatoms. The Bertz CT molecular complexity index is 634. The fourth-order valence-electron chi connectivity index (χ4n) is 2.93. The Kier molecular flexibility index (Phi) is 4.64. The molecule has 0 bridgehead atoms. The van der Waals surface area contributed by atoms with E-state index in [2.05, 4.69) is 28.7 Å². The van der Waals surface area contributed by atoms with Gasteiger partial charge in [0.05, 0.1) is 12.2 Å². The SMILES string of the molecule is Cc1nc(CN2CCCC(C(=O)c3ccccn3)C2)sc1C.